The van der Waals surface area contributed by atoms with Crippen molar-refractivity contribution in [1.82, 2.24) is 19.5 Å². The third-order valence-corrected chi connectivity index (χ3v) is 5.15. The highest BCUT2D eigenvalue weighted by atomic mass is 79.9. The zero-order chi connectivity index (χ0) is 13.9. The van der Waals surface area contributed by atoms with Gasteiger partial charge in [0.1, 0.15) is 4.66 Å². The van der Waals surface area contributed by atoms with E-state index in [1.165, 1.54) is 0 Å². The van der Waals surface area contributed by atoms with Gasteiger partial charge in [0.2, 0.25) is 10.0 Å². The van der Waals surface area contributed by atoms with Crippen molar-refractivity contribution in [3.8, 4) is 11.4 Å². The number of sulfonamides is 1. The third-order valence-electron chi connectivity index (χ3n) is 2.47. The molecule has 0 spiro atoms. The number of rotatable bonds is 5. The van der Waals surface area contributed by atoms with Gasteiger partial charge in [-0.05, 0) is 18.2 Å². The lowest BCUT2D eigenvalue weighted by Crippen LogP contribution is -2.24. The predicted molar refractivity (Wildman–Crippen MR) is 76.0 cm³/mol. The van der Waals surface area contributed by atoms with E-state index < -0.39 is 10.0 Å². The smallest absolute Gasteiger partial charge is 0.221 e. The summed E-state index contributed by atoms with van der Waals surface area (Å²) >= 11 is 2.91. The number of hydrogen-bond acceptors (Lipinski definition) is 4. The second-order valence-electron chi connectivity index (χ2n) is 3.90. The molecule has 0 aliphatic rings. The van der Waals surface area contributed by atoms with Crippen LogP contribution in [0.5, 0.6) is 0 Å². The highest BCUT2D eigenvalue weighted by Crippen LogP contribution is 2.16. The Balaban J connectivity index is 2.18. The van der Waals surface area contributed by atoms with E-state index in [9.17, 15) is 8.42 Å². The van der Waals surface area contributed by atoms with Gasteiger partial charge in [-0.1, -0.05) is 22.0 Å². The molecule has 2 heterocycles. The van der Waals surface area contributed by atoms with Gasteiger partial charge in [-0.15, -0.1) is 0 Å². The molecule has 0 aliphatic carbocycles. The zero-order valence-corrected chi connectivity index (χ0v) is 12.6. The minimum atomic E-state index is -3.28. The first-order chi connectivity index (χ1) is 9.02. The molecule has 0 saturated heterocycles. The lowest BCUT2D eigenvalue weighted by atomic mass is 10.2. The summed E-state index contributed by atoms with van der Waals surface area (Å²) in [4.78, 5) is 4.24. The summed E-state index contributed by atoms with van der Waals surface area (Å²) in [5.41, 5.74) is 2.29. The van der Waals surface area contributed by atoms with Crippen LogP contribution in [0, 0.1) is 0 Å². The number of nitrogens with one attached hydrogen (secondary N) is 1. The molecule has 102 valence electrons. The van der Waals surface area contributed by atoms with Crippen LogP contribution >= 0.6 is 15.9 Å². The summed E-state index contributed by atoms with van der Waals surface area (Å²) in [6, 6.07) is 7.43. The van der Waals surface area contributed by atoms with Crippen LogP contribution < -0.4 is 4.72 Å². The maximum atomic E-state index is 11.3. The fourth-order valence-corrected chi connectivity index (χ4v) is 2.52. The van der Waals surface area contributed by atoms with Gasteiger partial charge in [-0.3, -0.25) is 9.67 Å². The van der Waals surface area contributed by atoms with Crippen molar-refractivity contribution < 1.29 is 8.42 Å². The van der Waals surface area contributed by atoms with Crippen LogP contribution in [-0.4, -0.2) is 27.8 Å². The minimum absolute atomic E-state index is 0.125. The summed E-state index contributed by atoms with van der Waals surface area (Å²) in [5, 5.41) is 4.26. The molecule has 0 radical (unpaired) electrons. The number of pyridine rings is 1. The maximum absolute atomic E-state index is 11.3. The molecule has 19 heavy (non-hydrogen) atoms. The summed E-state index contributed by atoms with van der Waals surface area (Å²) in [6.07, 6.45) is 1.70. The van der Waals surface area contributed by atoms with Gasteiger partial charge in [0, 0.05) is 13.2 Å². The first-order valence-corrected chi connectivity index (χ1v) is 8.27. The monoisotopic (exact) mass is 344 g/mol. The topological polar surface area (TPSA) is 76.9 Å². The van der Waals surface area contributed by atoms with Crippen molar-refractivity contribution in [2.24, 2.45) is 7.05 Å². The molecule has 0 atom stereocenters. The zero-order valence-electron chi connectivity index (χ0n) is 10.2. The molecule has 0 aliphatic heterocycles. The highest BCUT2D eigenvalue weighted by Gasteiger charge is 2.11. The highest BCUT2D eigenvalue weighted by molar-refractivity contribution is 9.10. The molecule has 0 fully saturated rings. The Morgan fingerprint density at radius 3 is 2.84 bits per heavy atom. The lowest BCUT2D eigenvalue weighted by Gasteiger charge is -1.99. The lowest BCUT2D eigenvalue weighted by molar-refractivity contribution is 0.585. The van der Waals surface area contributed by atoms with E-state index in [0.29, 0.717) is 5.69 Å². The SMILES string of the molecule is Cn1nc(CNS(=O)(=O)CBr)cc1-c1ccccn1. The summed E-state index contributed by atoms with van der Waals surface area (Å²) < 4.78 is 26.7. The number of hydrogen-bond donors (Lipinski definition) is 1. The van der Waals surface area contributed by atoms with E-state index in [2.05, 4.69) is 30.7 Å². The van der Waals surface area contributed by atoms with E-state index >= 15 is 0 Å². The Morgan fingerprint density at radius 2 is 2.21 bits per heavy atom. The Morgan fingerprint density at radius 1 is 1.42 bits per heavy atom. The van der Waals surface area contributed by atoms with Crippen molar-refractivity contribution >= 4 is 26.0 Å². The first kappa shape index (κ1) is 14.2. The van der Waals surface area contributed by atoms with Gasteiger partial charge >= 0.3 is 0 Å². The van der Waals surface area contributed by atoms with Crippen LogP contribution in [0.2, 0.25) is 0 Å². The number of alkyl halides is 1. The molecule has 6 nitrogen and oxygen atoms in total. The van der Waals surface area contributed by atoms with Gasteiger partial charge < -0.3 is 0 Å². The number of halogens is 1. The van der Waals surface area contributed by atoms with E-state index in [4.69, 9.17) is 0 Å². The fraction of sp³-hybridized carbons (Fsp3) is 0.273. The second kappa shape index (κ2) is 5.81. The minimum Gasteiger partial charge on any atom is -0.266 e. The molecule has 0 saturated carbocycles. The Bertz CT molecular complexity index is 655. The van der Waals surface area contributed by atoms with Crippen LogP contribution in [-0.2, 0) is 23.6 Å². The first-order valence-electron chi connectivity index (χ1n) is 5.49. The summed E-state index contributed by atoms with van der Waals surface area (Å²) in [5.74, 6) is 0. The van der Waals surface area contributed by atoms with Crippen molar-refractivity contribution in [1.29, 1.82) is 0 Å². The Labute approximate surface area is 120 Å². The van der Waals surface area contributed by atoms with Crippen LogP contribution in [0.1, 0.15) is 5.69 Å². The summed E-state index contributed by atoms with van der Waals surface area (Å²) in [7, 11) is -1.49. The number of aromatic nitrogens is 3. The number of nitrogens with zero attached hydrogens (tertiary/aromatic N) is 3. The average Bonchev–Trinajstić information content (AvgIpc) is 2.79. The van der Waals surface area contributed by atoms with E-state index in [1.807, 2.05) is 24.3 Å². The molecule has 0 amide bonds. The Kier molecular flexibility index (Phi) is 4.33. The van der Waals surface area contributed by atoms with Crippen molar-refractivity contribution in [2.75, 3.05) is 4.66 Å². The number of aryl methyl sites for hydroxylation is 1. The third kappa shape index (κ3) is 3.62. The van der Waals surface area contributed by atoms with E-state index in [0.717, 1.165) is 11.4 Å². The standard InChI is InChI=1S/C11H13BrN4O2S/c1-16-11(10-4-2-3-5-13-10)6-9(15-16)7-14-19(17,18)8-12/h2-6,14H,7-8H2,1H3. The molecule has 2 aromatic rings. The molecule has 2 rings (SSSR count). The predicted octanol–water partition coefficient (Wildman–Crippen LogP) is 1.25. The molecule has 1 N–H and O–H groups in total. The Hall–Kier alpha value is -1.25. The van der Waals surface area contributed by atoms with Gasteiger partial charge in [0.15, 0.2) is 0 Å². The summed E-state index contributed by atoms with van der Waals surface area (Å²) in [6.45, 7) is 0.161. The van der Waals surface area contributed by atoms with Crippen LogP contribution in [0.3, 0.4) is 0 Å². The molecule has 0 aromatic carbocycles. The fourth-order valence-electron chi connectivity index (χ4n) is 1.59. The second-order valence-corrected chi connectivity index (χ2v) is 7.01. The van der Waals surface area contributed by atoms with Crippen molar-refractivity contribution in [3.63, 3.8) is 0 Å². The normalized spacial score (nSPS) is 11.7. The molecular formula is C11H13BrN4O2S. The average molecular weight is 345 g/mol. The van der Waals surface area contributed by atoms with E-state index in [1.54, 1.807) is 17.9 Å². The maximum Gasteiger partial charge on any atom is 0.221 e. The van der Waals surface area contributed by atoms with Crippen LogP contribution in [0.25, 0.3) is 11.4 Å². The molecule has 8 heteroatoms. The van der Waals surface area contributed by atoms with E-state index in [-0.39, 0.29) is 11.2 Å². The van der Waals surface area contributed by atoms with Crippen LogP contribution in [0.15, 0.2) is 30.5 Å². The van der Waals surface area contributed by atoms with Crippen LogP contribution in [0.4, 0.5) is 0 Å². The van der Waals surface area contributed by atoms with Crippen molar-refractivity contribution in [2.45, 2.75) is 6.54 Å². The van der Waals surface area contributed by atoms with Gasteiger partial charge in [0.25, 0.3) is 0 Å². The molecular weight excluding hydrogens is 332 g/mol. The van der Waals surface area contributed by atoms with Gasteiger partial charge in [-0.25, -0.2) is 13.1 Å². The molecule has 0 bridgehead atoms. The van der Waals surface area contributed by atoms with Crippen molar-refractivity contribution in [3.05, 3.63) is 36.2 Å². The molecule has 0 unspecified atom stereocenters. The van der Waals surface area contributed by atoms with Gasteiger partial charge in [0.05, 0.1) is 23.6 Å². The molecule has 2 aromatic heterocycles. The largest absolute Gasteiger partial charge is 0.266 e. The quantitative estimate of drug-likeness (QED) is 0.828. The van der Waals surface area contributed by atoms with Gasteiger partial charge in [-0.2, -0.15) is 5.10 Å².